The van der Waals surface area contributed by atoms with E-state index in [9.17, 15) is 9.59 Å². The lowest BCUT2D eigenvalue weighted by Gasteiger charge is -1.98. The summed E-state index contributed by atoms with van der Waals surface area (Å²) in [4.78, 5) is 20.6. The van der Waals surface area contributed by atoms with Crippen molar-refractivity contribution in [3.05, 3.63) is 0 Å². The summed E-state index contributed by atoms with van der Waals surface area (Å²) < 4.78 is 0. The lowest BCUT2D eigenvalue weighted by atomic mass is 10.2. The Bertz CT molecular complexity index is 157. The van der Waals surface area contributed by atoms with Gasteiger partial charge < -0.3 is 11.5 Å². The molecule has 0 radical (unpaired) electrons. The molecule has 1 aliphatic heterocycles. The first-order valence-corrected chi connectivity index (χ1v) is 2.24. The summed E-state index contributed by atoms with van der Waals surface area (Å²) in [5.74, 6) is -1.62. The van der Waals surface area contributed by atoms with Crippen molar-refractivity contribution in [3.63, 3.8) is 0 Å². The molecule has 0 aromatic rings. The second-order valence-corrected chi connectivity index (χ2v) is 1.73. The fourth-order valence-corrected chi connectivity index (χ4v) is 0.430. The van der Waals surface area contributed by atoms with Crippen LogP contribution in [0.1, 0.15) is 0 Å². The minimum atomic E-state index is -1.47. The van der Waals surface area contributed by atoms with E-state index in [0.29, 0.717) is 0 Å². The summed E-state index contributed by atoms with van der Waals surface area (Å²) in [7, 11) is 0. The van der Waals surface area contributed by atoms with E-state index in [-0.39, 0.29) is 0 Å². The van der Waals surface area contributed by atoms with Crippen LogP contribution < -0.4 is 22.3 Å². The molecular weight excluding hydrogens is 124 g/mol. The van der Waals surface area contributed by atoms with E-state index in [4.69, 9.17) is 11.5 Å². The topological polar surface area (TPSA) is 130 Å². The molecule has 0 aromatic heterocycles. The van der Waals surface area contributed by atoms with Crippen molar-refractivity contribution in [1.82, 2.24) is 10.9 Å². The number of carbonyl (C=O) groups excluding carboxylic acids is 2. The quantitative estimate of drug-likeness (QED) is 0.231. The molecule has 0 unspecified atom stereocenters. The summed E-state index contributed by atoms with van der Waals surface area (Å²) in [6.45, 7) is 0. The van der Waals surface area contributed by atoms with Crippen molar-refractivity contribution >= 4 is 11.8 Å². The van der Waals surface area contributed by atoms with Gasteiger partial charge in [-0.25, -0.2) is 10.9 Å². The van der Waals surface area contributed by atoms with Crippen molar-refractivity contribution in [2.75, 3.05) is 0 Å². The monoisotopic (exact) mass is 130 g/mol. The Kier molecular flexibility index (Phi) is 0.948. The predicted molar refractivity (Wildman–Crippen MR) is 27.4 cm³/mol. The molecule has 0 saturated carbocycles. The largest absolute Gasteiger partial charge is 0.366 e. The van der Waals surface area contributed by atoms with E-state index in [1.807, 2.05) is 0 Å². The number of primary amides is 2. The first-order valence-electron chi connectivity index (χ1n) is 2.24. The molecule has 6 N–H and O–H groups in total. The van der Waals surface area contributed by atoms with Crippen molar-refractivity contribution < 1.29 is 9.59 Å². The van der Waals surface area contributed by atoms with Gasteiger partial charge in [0.25, 0.3) is 17.5 Å². The van der Waals surface area contributed by atoms with E-state index in [1.165, 1.54) is 0 Å². The number of carbonyl (C=O) groups is 2. The smallest absolute Gasteiger partial charge is 0.265 e. The average molecular weight is 130 g/mol. The van der Waals surface area contributed by atoms with Crippen molar-refractivity contribution in [1.29, 1.82) is 0 Å². The first-order chi connectivity index (χ1) is 4.09. The van der Waals surface area contributed by atoms with Crippen molar-refractivity contribution in [2.45, 2.75) is 5.66 Å². The maximum absolute atomic E-state index is 10.3. The maximum atomic E-state index is 10.3. The van der Waals surface area contributed by atoms with Crippen molar-refractivity contribution in [3.8, 4) is 0 Å². The number of rotatable bonds is 2. The highest BCUT2D eigenvalue weighted by molar-refractivity contribution is 6.10. The van der Waals surface area contributed by atoms with Gasteiger partial charge in [-0.1, -0.05) is 0 Å². The number of amides is 2. The molecule has 0 aliphatic carbocycles. The van der Waals surface area contributed by atoms with Gasteiger partial charge in [0.1, 0.15) is 0 Å². The third-order valence-corrected chi connectivity index (χ3v) is 1.11. The van der Waals surface area contributed by atoms with Crippen LogP contribution in [0.5, 0.6) is 0 Å². The molecule has 6 nitrogen and oxygen atoms in total. The van der Waals surface area contributed by atoms with Gasteiger partial charge in [-0.2, -0.15) is 0 Å². The molecule has 0 bridgehead atoms. The Morgan fingerprint density at radius 1 is 1.11 bits per heavy atom. The zero-order valence-corrected chi connectivity index (χ0v) is 4.47. The van der Waals surface area contributed by atoms with Crippen LogP contribution in [-0.4, -0.2) is 17.5 Å². The highest BCUT2D eigenvalue weighted by Crippen LogP contribution is 2.06. The molecule has 1 saturated heterocycles. The highest BCUT2D eigenvalue weighted by Gasteiger charge is 2.54. The van der Waals surface area contributed by atoms with Gasteiger partial charge in [0.05, 0.1) is 0 Å². The molecule has 2 amide bonds. The molecule has 1 aliphatic rings. The number of hydrazine groups is 1. The van der Waals surface area contributed by atoms with Crippen LogP contribution in [0.25, 0.3) is 0 Å². The maximum Gasteiger partial charge on any atom is 0.265 e. The van der Waals surface area contributed by atoms with Gasteiger partial charge in [0.2, 0.25) is 0 Å². The van der Waals surface area contributed by atoms with E-state index in [0.717, 1.165) is 0 Å². The molecule has 1 fully saturated rings. The molecule has 6 heteroatoms. The SMILES string of the molecule is NC(=O)C1(C(N)=O)NN1. The lowest BCUT2D eigenvalue weighted by molar-refractivity contribution is -0.129. The lowest BCUT2D eigenvalue weighted by Crippen LogP contribution is -2.47. The fourth-order valence-electron chi connectivity index (χ4n) is 0.430. The van der Waals surface area contributed by atoms with E-state index < -0.39 is 17.5 Å². The average Bonchev–Trinajstić information content (AvgIpc) is 2.40. The fraction of sp³-hybridized carbons (Fsp3) is 0.333. The minimum absolute atomic E-state index is 0.810. The van der Waals surface area contributed by atoms with E-state index >= 15 is 0 Å². The molecule has 0 atom stereocenters. The Morgan fingerprint density at radius 3 is 1.44 bits per heavy atom. The summed E-state index contributed by atoms with van der Waals surface area (Å²) in [6, 6.07) is 0. The third kappa shape index (κ3) is 0.644. The number of hydrogen-bond donors (Lipinski definition) is 4. The van der Waals surface area contributed by atoms with Gasteiger partial charge in [-0.15, -0.1) is 0 Å². The van der Waals surface area contributed by atoms with Gasteiger partial charge >= 0.3 is 0 Å². The van der Waals surface area contributed by atoms with Gasteiger partial charge in [-0.05, 0) is 0 Å². The zero-order chi connectivity index (χ0) is 7.07. The molecule has 0 aromatic carbocycles. The van der Waals surface area contributed by atoms with Crippen LogP contribution >= 0.6 is 0 Å². The summed E-state index contributed by atoms with van der Waals surface area (Å²) in [5.41, 5.74) is 12.6. The Morgan fingerprint density at radius 2 is 1.44 bits per heavy atom. The second-order valence-electron chi connectivity index (χ2n) is 1.73. The predicted octanol–water partition coefficient (Wildman–Crippen LogP) is -3.24. The minimum Gasteiger partial charge on any atom is -0.366 e. The first kappa shape index (κ1) is 5.99. The van der Waals surface area contributed by atoms with Crippen LogP contribution in [0, 0.1) is 0 Å². The molecule has 9 heavy (non-hydrogen) atoms. The standard InChI is InChI=1S/C3H6N4O2/c4-1(8)3(2(5)9)6-7-3/h6-7H,(H2,4,8)(H2,5,9). The van der Waals surface area contributed by atoms with Crippen LogP contribution in [0.2, 0.25) is 0 Å². The summed E-state index contributed by atoms with van der Waals surface area (Å²) in [6.07, 6.45) is 0. The second kappa shape index (κ2) is 1.42. The van der Waals surface area contributed by atoms with E-state index in [1.54, 1.807) is 0 Å². The summed E-state index contributed by atoms with van der Waals surface area (Å²) >= 11 is 0. The number of nitrogens with one attached hydrogen (secondary N) is 2. The van der Waals surface area contributed by atoms with Gasteiger partial charge in [0.15, 0.2) is 0 Å². The normalized spacial score (nSPS) is 20.9. The molecule has 0 spiro atoms. The Hall–Kier alpha value is -1.14. The van der Waals surface area contributed by atoms with Gasteiger partial charge in [-0.3, -0.25) is 9.59 Å². The highest BCUT2D eigenvalue weighted by atomic mass is 16.2. The summed E-state index contributed by atoms with van der Waals surface area (Å²) in [5, 5.41) is 0. The van der Waals surface area contributed by atoms with Crippen LogP contribution in [0.15, 0.2) is 0 Å². The molecular formula is C3H6N4O2. The Balaban J connectivity index is 2.75. The van der Waals surface area contributed by atoms with Crippen LogP contribution in [0.4, 0.5) is 0 Å². The number of hydrogen-bond acceptors (Lipinski definition) is 4. The van der Waals surface area contributed by atoms with Gasteiger partial charge in [0, 0.05) is 0 Å². The molecule has 1 heterocycles. The number of nitrogens with two attached hydrogens (primary N) is 2. The van der Waals surface area contributed by atoms with Crippen molar-refractivity contribution in [2.24, 2.45) is 11.5 Å². The zero-order valence-electron chi connectivity index (χ0n) is 4.47. The van der Waals surface area contributed by atoms with E-state index in [2.05, 4.69) is 10.9 Å². The molecule has 50 valence electrons. The van der Waals surface area contributed by atoms with Crippen LogP contribution in [0.3, 0.4) is 0 Å². The third-order valence-electron chi connectivity index (χ3n) is 1.11. The Labute approximate surface area is 50.5 Å². The van der Waals surface area contributed by atoms with Crippen LogP contribution in [-0.2, 0) is 9.59 Å². The molecule has 1 rings (SSSR count).